The fourth-order valence-corrected chi connectivity index (χ4v) is 3.72. The molecular formula is C27H22N4O2. The predicted octanol–water partition coefficient (Wildman–Crippen LogP) is 4.70. The highest BCUT2D eigenvalue weighted by atomic mass is 16.7. The SMILES string of the molecule is O=c1cc(NCc2ccccc2)c2c(-c3ccccc3)ncnc2n1OCc1ccccc1. The van der Waals surface area contributed by atoms with Crippen molar-refractivity contribution in [1.29, 1.82) is 0 Å². The van der Waals surface area contributed by atoms with Crippen molar-refractivity contribution in [3.05, 3.63) is 125 Å². The molecule has 0 bridgehead atoms. The Bertz CT molecular complexity index is 1420. The van der Waals surface area contributed by atoms with Crippen LogP contribution in [0.3, 0.4) is 0 Å². The van der Waals surface area contributed by atoms with Crippen molar-refractivity contribution in [2.75, 3.05) is 5.32 Å². The molecule has 0 unspecified atom stereocenters. The monoisotopic (exact) mass is 434 g/mol. The van der Waals surface area contributed by atoms with Gasteiger partial charge < -0.3 is 10.2 Å². The molecule has 1 N–H and O–H groups in total. The maximum absolute atomic E-state index is 13.1. The van der Waals surface area contributed by atoms with E-state index in [2.05, 4.69) is 15.3 Å². The van der Waals surface area contributed by atoms with Crippen LogP contribution in [0.4, 0.5) is 5.69 Å². The van der Waals surface area contributed by atoms with Crippen molar-refractivity contribution >= 4 is 16.7 Å². The van der Waals surface area contributed by atoms with E-state index in [1.807, 2.05) is 91.0 Å². The number of aromatic nitrogens is 3. The number of rotatable bonds is 7. The van der Waals surface area contributed by atoms with E-state index in [4.69, 9.17) is 4.84 Å². The average molecular weight is 434 g/mol. The smallest absolute Gasteiger partial charge is 0.287 e. The zero-order valence-electron chi connectivity index (χ0n) is 17.9. The predicted molar refractivity (Wildman–Crippen MR) is 130 cm³/mol. The van der Waals surface area contributed by atoms with Crippen LogP contribution in [0.1, 0.15) is 11.1 Å². The summed E-state index contributed by atoms with van der Waals surface area (Å²) in [5, 5.41) is 4.14. The van der Waals surface area contributed by atoms with Gasteiger partial charge in [-0.25, -0.2) is 9.97 Å². The van der Waals surface area contributed by atoms with Gasteiger partial charge >= 0.3 is 0 Å². The van der Waals surface area contributed by atoms with Gasteiger partial charge in [0.15, 0.2) is 5.65 Å². The largest absolute Gasteiger partial charge is 0.404 e. The molecule has 0 saturated carbocycles. The van der Waals surface area contributed by atoms with Crippen LogP contribution >= 0.6 is 0 Å². The highest BCUT2D eigenvalue weighted by molar-refractivity contribution is 5.99. The van der Waals surface area contributed by atoms with Gasteiger partial charge in [0.25, 0.3) is 5.56 Å². The Balaban J connectivity index is 1.61. The molecule has 0 fully saturated rings. The van der Waals surface area contributed by atoms with E-state index in [0.717, 1.165) is 27.8 Å². The molecule has 0 saturated heterocycles. The number of fused-ring (bicyclic) bond motifs is 1. The van der Waals surface area contributed by atoms with Gasteiger partial charge in [0.1, 0.15) is 12.9 Å². The molecule has 6 nitrogen and oxygen atoms in total. The van der Waals surface area contributed by atoms with Crippen molar-refractivity contribution in [2.45, 2.75) is 13.2 Å². The number of nitrogens with one attached hydrogen (secondary N) is 1. The summed E-state index contributed by atoms with van der Waals surface area (Å²) in [6, 6.07) is 31.2. The van der Waals surface area contributed by atoms with Crippen LogP contribution in [0.25, 0.3) is 22.3 Å². The van der Waals surface area contributed by atoms with Gasteiger partial charge in [0.2, 0.25) is 0 Å². The second kappa shape index (κ2) is 9.36. The lowest BCUT2D eigenvalue weighted by molar-refractivity contribution is 0.0980. The van der Waals surface area contributed by atoms with E-state index >= 15 is 0 Å². The summed E-state index contributed by atoms with van der Waals surface area (Å²) in [6.07, 6.45) is 1.47. The maximum Gasteiger partial charge on any atom is 0.287 e. The first kappa shape index (κ1) is 20.5. The molecule has 5 rings (SSSR count). The molecule has 3 aromatic carbocycles. The van der Waals surface area contributed by atoms with Gasteiger partial charge in [-0.15, -0.1) is 4.73 Å². The summed E-state index contributed by atoms with van der Waals surface area (Å²) in [4.78, 5) is 28.0. The van der Waals surface area contributed by atoms with Crippen molar-refractivity contribution in [3.8, 4) is 11.3 Å². The number of pyridine rings is 1. The molecule has 2 aromatic heterocycles. The van der Waals surface area contributed by atoms with Gasteiger partial charge in [-0.3, -0.25) is 4.79 Å². The first-order valence-electron chi connectivity index (χ1n) is 10.7. The second-order valence-corrected chi connectivity index (χ2v) is 7.58. The third kappa shape index (κ3) is 4.45. The summed E-state index contributed by atoms with van der Waals surface area (Å²) < 4.78 is 1.25. The van der Waals surface area contributed by atoms with E-state index in [1.165, 1.54) is 11.1 Å². The van der Waals surface area contributed by atoms with Crippen LogP contribution in [-0.2, 0) is 13.2 Å². The van der Waals surface area contributed by atoms with Gasteiger partial charge in [0, 0.05) is 18.2 Å². The Kier molecular flexibility index (Phi) is 5.80. The Morgan fingerprint density at radius 1 is 0.788 bits per heavy atom. The number of nitrogens with zero attached hydrogens (tertiary/aromatic N) is 3. The molecule has 33 heavy (non-hydrogen) atoms. The average Bonchev–Trinajstić information content (AvgIpc) is 2.88. The fourth-order valence-electron chi connectivity index (χ4n) is 3.72. The number of hydrogen-bond acceptors (Lipinski definition) is 5. The summed E-state index contributed by atoms with van der Waals surface area (Å²) >= 11 is 0. The summed E-state index contributed by atoms with van der Waals surface area (Å²) in [5.41, 5.74) is 4.51. The minimum Gasteiger partial charge on any atom is -0.404 e. The number of hydrogen-bond donors (Lipinski definition) is 1. The summed E-state index contributed by atoms with van der Waals surface area (Å²) in [5.74, 6) is 0. The Labute approximate surface area is 191 Å². The fraction of sp³-hybridized carbons (Fsp3) is 0.0741. The van der Waals surface area contributed by atoms with E-state index in [9.17, 15) is 4.79 Å². The molecule has 0 atom stereocenters. The zero-order chi connectivity index (χ0) is 22.5. The molecule has 0 aliphatic heterocycles. The third-order valence-electron chi connectivity index (χ3n) is 5.33. The van der Waals surface area contributed by atoms with Crippen molar-refractivity contribution in [1.82, 2.24) is 14.7 Å². The first-order valence-corrected chi connectivity index (χ1v) is 10.7. The lowest BCUT2D eigenvalue weighted by atomic mass is 10.1. The molecule has 2 heterocycles. The van der Waals surface area contributed by atoms with Crippen molar-refractivity contribution in [3.63, 3.8) is 0 Å². The highest BCUT2D eigenvalue weighted by Gasteiger charge is 2.17. The minimum atomic E-state index is -0.299. The molecule has 0 spiro atoms. The van der Waals surface area contributed by atoms with Gasteiger partial charge in [-0.05, 0) is 11.1 Å². The topological polar surface area (TPSA) is 69.0 Å². The third-order valence-corrected chi connectivity index (χ3v) is 5.33. The Morgan fingerprint density at radius 3 is 2.12 bits per heavy atom. The van der Waals surface area contributed by atoms with Gasteiger partial charge in [-0.1, -0.05) is 91.0 Å². The molecule has 162 valence electrons. The molecule has 6 heteroatoms. The summed E-state index contributed by atoms with van der Waals surface area (Å²) in [6.45, 7) is 0.810. The molecular weight excluding hydrogens is 412 g/mol. The normalized spacial score (nSPS) is 10.8. The van der Waals surface area contributed by atoms with Crippen LogP contribution in [0.15, 0.2) is 108 Å². The van der Waals surface area contributed by atoms with E-state index in [0.29, 0.717) is 17.9 Å². The summed E-state index contributed by atoms with van der Waals surface area (Å²) in [7, 11) is 0. The Morgan fingerprint density at radius 2 is 1.42 bits per heavy atom. The van der Waals surface area contributed by atoms with Crippen molar-refractivity contribution < 1.29 is 4.84 Å². The van der Waals surface area contributed by atoms with Crippen LogP contribution in [0.2, 0.25) is 0 Å². The maximum atomic E-state index is 13.1. The molecule has 0 radical (unpaired) electrons. The van der Waals surface area contributed by atoms with Crippen LogP contribution in [0.5, 0.6) is 0 Å². The lowest BCUT2D eigenvalue weighted by Crippen LogP contribution is -2.28. The molecule has 0 aliphatic rings. The van der Waals surface area contributed by atoms with Gasteiger partial charge in [-0.2, -0.15) is 0 Å². The standard InChI is InChI=1S/C27H22N4O2/c32-24-16-23(28-17-20-10-4-1-5-11-20)25-26(22-14-8-3-9-15-22)29-19-30-27(25)31(24)33-18-21-12-6-2-7-13-21/h1-16,19,28H,17-18H2. The van der Waals surface area contributed by atoms with Crippen LogP contribution < -0.4 is 15.7 Å². The molecule has 0 aliphatic carbocycles. The van der Waals surface area contributed by atoms with Gasteiger partial charge in [0.05, 0.1) is 16.8 Å². The molecule has 5 aromatic rings. The quantitative estimate of drug-likeness (QED) is 0.402. The lowest BCUT2D eigenvalue weighted by Gasteiger charge is -2.16. The number of benzene rings is 3. The first-order chi connectivity index (χ1) is 16.3. The van der Waals surface area contributed by atoms with E-state index in [1.54, 1.807) is 6.07 Å². The minimum absolute atomic E-state index is 0.247. The zero-order valence-corrected chi connectivity index (χ0v) is 17.9. The van der Waals surface area contributed by atoms with E-state index < -0.39 is 0 Å². The highest BCUT2D eigenvalue weighted by Crippen LogP contribution is 2.30. The van der Waals surface area contributed by atoms with E-state index in [-0.39, 0.29) is 12.2 Å². The van der Waals surface area contributed by atoms with Crippen LogP contribution in [0, 0.1) is 0 Å². The number of anilines is 1. The Hall–Kier alpha value is -4.45. The van der Waals surface area contributed by atoms with Crippen LogP contribution in [-0.4, -0.2) is 14.7 Å². The molecule has 0 amide bonds. The second-order valence-electron chi connectivity index (χ2n) is 7.58. The van der Waals surface area contributed by atoms with Crippen molar-refractivity contribution in [2.24, 2.45) is 0 Å².